The minimum Gasteiger partial charge on any atom is -0.392 e. The van der Waals surface area contributed by atoms with Crippen molar-refractivity contribution in [3.8, 4) is 0 Å². The Morgan fingerprint density at radius 3 is 2.53 bits per heavy atom. The fourth-order valence-electron chi connectivity index (χ4n) is 5.19. The second-order valence-electron chi connectivity index (χ2n) is 10.4. The van der Waals surface area contributed by atoms with Gasteiger partial charge in [-0.15, -0.1) is 0 Å². The van der Waals surface area contributed by atoms with Gasteiger partial charge in [-0.1, -0.05) is 66.5 Å². The molecule has 1 aliphatic carbocycles. The highest BCUT2D eigenvalue weighted by atomic mass is 16.5. The van der Waals surface area contributed by atoms with E-state index in [4.69, 9.17) is 9.52 Å². The van der Waals surface area contributed by atoms with Crippen molar-refractivity contribution in [1.29, 1.82) is 0 Å². The number of amides is 2. The van der Waals surface area contributed by atoms with Crippen molar-refractivity contribution in [2.75, 3.05) is 11.9 Å². The monoisotopic (exact) mass is 514 g/mol. The van der Waals surface area contributed by atoms with Crippen LogP contribution in [0.25, 0.3) is 0 Å². The quantitative estimate of drug-likeness (QED) is 0.449. The second-order valence-corrected chi connectivity index (χ2v) is 10.4. The number of aromatic nitrogens is 1. The molecular formula is C30H34N4O4. The standard InChI is InChI=1S/C30H34N4O4/c1-18-22(19(2)38-33-18)15-16-26(35)24(17-20-13-14-20)29(36)32-28-30(37)34(3)25-12-8-7-11-23(25)27(31-28)21-9-5-4-6-10-21/h4-12,20,24,26,28,35H,13-17H2,1-3H3,(H,32,36)/t24?,26?,28-/m1/s1. The van der Waals surface area contributed by atoms with E-state index in [1.807, 2.05) is 68.4 Å². The van der Waals surface area contributed by atoms with Crippen LogP contribution in [0.15, 0.2) is 64.1 Å². The van der Waals surface area contributed by atoms with E-state index in [1.165, 1.54) is 0 Å². The maximum absolute atomic E-state index is 13.6. The Hall–Kier alpha value is -3.78. The summed E-state index contributed by atoms with van der Waals surface area (Å²) in [5.41, 5.74) is 4.81. The largest absolute Gasteiger partial charge is 0.392 e. The molecule has 2 heterocycles. The number of rotatable bonds is 9. The van der Waals surface area contributed by atoms with E-state index in [0.717, 1.165) is 46.7 Å². The van der Waals surface area contributed by atoms with Crippen LogP contribution in [0, 0.1) is 25.7 Å². The molecule has 1 aromatic heterocycles. The molecule has 2 amide bonds. The van der Waals surface area contributed by atoms with Crippen molar-refractivity contribution in [3.63, 3.8) is 0 Å². The van der Waals surface area contributed by atoms with Gasteiger partial charge in [0.1, 0.15) is 5.76 Å². The molecule has 2 unspecified atom stereocenters. The van der Waals surface area contributed by atoms with Crippen molar-refractivity contribution in [2.45, 2.75) is 58.2 Å². The second kappa shape index (κ2) is 10.9. The number of benzene rings is 2. The van der Waals surface area contributed by atoms with E-state index in [9.17, 15) is 14.7 Å². The molecule has 2 aliphatic rings. The van der Waals surface area contributed by atoms with Gasteiger partial charge < -0.3 is 19.8 Å². The van der Waals surface area contributed by atoms with E-state index < -0.39 is 18.2 Å². The highest BCUT2D eigenvalue weighted by Crippen LogP contribution is 2.37. The van der Waals surface area contributed by atoms with Crippen molar-refractivity contribution in [2.24, 2.45) is 16.8 Å². The summed E-state index contributed by atoms with van der Waals surface area (Å²) >= 11 is 0. The van der Waals surface area contributed by atoms with Crippen LogP contribution in [0.4, 0.5) is 5.69 Å². The lowest BCUT2D eigenvalue weighted by Crippen LogP contribution is -2.49. The van der Waals surface area contributed by atoms with Crippen molar-refractivity contribution in [1.82, 2.24) is 10.5 Å². The molecular weight excluding hydrogens is 480 g/mol. The number of aryl methyl sites for hydroxylation is 2. The van der Waals surface area contributed by atoms with Gasteiger partial charge in [-0.3, -0.25) is 9.59 Å². The summed E-state index contributed by atoms with van der Waals surface area (Å²) in [6.45, 7) is 3.73. The normalized spacial score (nSPS) is 18.8. The van der Waals surface area contributed by atoms with Crippen LogP contribution in [-0.2, 0) is 16.0 Å². The zero-order valence-corrected chi connectivity index (χ0v) is 22.1. The molecule has 1 aliphatic heterocycles. The van der Waals surface area contributed by atoms with Crippen LogP contribution in [0.1, 0.15) is 53.8 Å². The summed E-state index contributed by atoms with van der Waals surface area (Å²) in [5.74, 6) is -0.168. The summed E-state index contributed by atoms with van der Waals surface area (Å²) in [6, 6.07) is 17.3. The average Bonchev–Trinajstić information content (AvgIpc) is 3.71. The third-order valence-electron chi connectivity index (χ3n) is 7.63. The molecule has 0 radical (unpaired) electrons. The van der Waals surface area contributed by atoms with Crippen LogP contribution >= 0.6 is 0 Å². The third kappa shape index (κ3) is 5.41. The molecule has 2 N–H and O–H groups in total. The van der Waals surface area contributed by atoms with Gasteiger partial charge in [0.25, 0.3) is 5.91 Å². The number of fused-ring (bicyclic) bond motifs is 1. The Balaban J connectivity index is 1.40. The first-order valence-electron chi connectivity index (χ1n) is 13.2. The summed E-state index contributed by atoms with van der Waals surface area (Å²) in [4.78, 5) is 33.5. The van der Waals surface area contributed by atoms with Gasteiger partial charge in [0.15, 0.2) is 0 Å². The Morgan fingerprint density at radius 2 is 1.84 bits per heavy atom. The molecule has 8 nitrogen and oxygen atoms in total. The molecule has 2 aromatic carbocycles. The molecule has 5 rings (SSSR count). The van der Waals surface area contributed by atoms with E-state index in [2.05, 4.69) is 10.5 Å². The number of hydrogen-bond donors (Lipinski definition) is 2. The average molecular weight is 515 g/mol. The van der Waals surface area contributed by atoms with Crippen molar-refractivity contribution >= 4 is 23.2 Å². The molecule has 0 spiro atoms. The molecule has 0 saturated heterocycles. The van der Waals surface area contributed by atoms with Crippen LogP contribution in [0.3, 0.4) is 0 Å². The number of nitrogens with one attached hydrogen (secondary N) is 1. The number of para-hydroxylation sites is 1. The smallest absolute Gasteiger partial charge is 0.272 e. The van der Waals surface area contributed by atoms with Crippen LogP contribution in [0.5, 0.6) is 0 Å². The fourth-order valence-corrected chi connectivity index (χ4v) is 5.19. The molecule has 0 bridgehead atoms. The first-order valence-corrected chi connectivity index (χ1v) is 13.2. The van der Waals surface area contributed by atoms with Crippen LogP contribution in [0.2, 0.25) is 0 Å². The number of aliphatic hydroxyl groups excluding tert-OH is 1. The van der Waals surface area contributed by atoms with Gasteiger partial charge in [-0.25, -0.2) is 4.99 Å². The minimum absolute atomic E-state index is 0.327. The highest BCUT2D eigenvalue weighted by molar-refractivity contribution is 6.20. The van der Waals surface area contributed by atoms with Gasteiger partial charge in [-0.05, 0) is 45.1 Å². The lowest BCUT2D eigenvalue weighted by Gasteiger charge is -2.25. The van der Waals surface area contributed by atoms with E-state index >= 15 is 0 Å². The van der Waals surface area contributed by atoms with Crippen molar-refractivity contribution < 1.29 is 19.2 Å². The predicted octanol–water partition coefficient (Wildman–Crippen LogP) is 3.96. The van der Waals surface area contributed by atoms with E-state index in [-0.39, 0.29) is 11.8 Å². The number of nitrogens with zero attached hydrogens (tertiary/aromatic N) is 3. The fraction of sp³-hybridized carbons (Fsp3) is 0.400. The number of anilines is 1. The Morgan fingerprint density at radius 1 is 1.13 bits per heavy atom. The van der Waals surface area contributed by atoms with Gasteiger partial charge in [0.05, 0.1) is 29.1 Å². The Kier molecular flexibility index (Phi) is 7.42. The topological polar surface area (TPSA) is 108 Å². The number of likely N-dealkylation sites (N-methyl/N-ethyl adjacent to an activating group) is 1. The highest BCUT2D eigenvalue weighted by Gasteiger charge is 2.37. The van der Waals surface area contributed by atoms with Gasteiger partial charge in [0, 0.05) is 23.7 Å². The van der Waals surface area contributed by atoms with Crippen molar-refractivity contribution in [3.05, 3.63) is 82.7 Å². The molecule has 1 fully saturated rings. The van der Waals surface area contributed by atoms with Gasteiger partial charge in [0.2, 0.25) is 12.1 Å². The first kappa shape index (κ1) is 25.9. The number of aliphatic imine (C=N–C) groups is 1. The van der Waals surface area contributed by atoms with E-state index in [1.54, 1.807) is 11.9 Å². The number of benzodiazepines with no additional fused rings is 1. The SMILES string of the molecule is Cc1noc(C)c1CCC(O)C(CC1CC1)C(=O)N[C@H]1N=C(c2ccccc2)c2ccccc2N(C)C1=O. The molecule has 198 valence electrons. The minimum atomic E-state index is -1.11. The zero-order chi connectivity index (χ0) is 26.8. The van der Waals surface area contributed by atoms with Crippen LogP contribution < -0.4 is 10.2 Å². The third-order valence-corrected chi connectivity index (χ3v) is 7.63. The Bertz CT molecular complexity index is 1330. The molecule has 3 atom stereocenters. The maximum Gasteiger partial charge on any atom is 0.272 e. The van der Waals surface area contributed by atoms with Gasteiger partial charge in [-0.2, -0.15) is 0 Å². The summed E-state index contributed by atoms with van der Waals surface area (Å²) in [5, 5.41) is 18.1. The lowest BCUT2D eigenvalue weighted by atomic mass is 9.90. The summed E-state index contributed by atoms with van der Waals surface area (Å²) in [7, 11) is 1.70. The molecule has 38 heavy (non-hydrogen) atoms. The number of aliphatic hydroxyl groups is 1. The molecule has 8 heteroatoms. The predicted molar refractivity (Wildman–Crippen MR) is 145 cm³/mol. The number of carbonyl (C=O) groups excluding carboxylic acids is 2. The molecule has 1 saturated carbocycles. The van der Waals surface area contributed by atoms with Crippen LogP contribution in [-0.4, -0.2) is 47.1 Å². The Labute approximate surface area is 222 Å². The first-order chi connectivity index (χ1) is 18.3. The number of carbonyl (C=O) groups is 2. The summed E-state index contributed by atoms with van der Waals surface area (Å²) in [6.07, 6.45) is 1.68. The zero-order valence-electron chi connectivity index (χ0n) is 22.1. The van der Waals surface area contributed by atoms with E-state index in [0.29, 0.717) is 30.9 Å². The maximum atomic E-state index is 13.6. The number of hydrogen-bond acceptors (Lipinski definition) is 6. The lowest BCUT2D eigenvalue weighted by molar-refractivity contribution is -0.133. The molecule has 3 aromatic rings. The summed E-state index contributed by atoms with van der Waals surface area (Å²) < 4.78 is 5.25. The van der Waals surface area contributed by atoms with Gasteiger partial charge >= 0.3 is 0 Å².